The molecule has 1 fully saturated rings. The number of rotatable bonds is 4. The number of aryl methyl sites for hydroxylation is 1. The number of piperazine rings is 1. The van der Waals surface area contributed by atoms with Crippen LogP contribution in [0.3, 0.4) is 0 Å². The predicted molar refractivity (Wildman–Crippen MR) is 120 cm³/mol. The molecule has 1 saturated heterocycles. The van der Waals surface area contributed by atoms with Crippen LogP contribution in [0.25, 0.3) is 5.82 Å². The molecule has 0 saturated carbocycles. The first-order chi connectivity index (χ1) is 15.7. The maximum absolute atomic E-state index is 12.6. The van der Waals surface area contributed by atoms with E-state index in [0.717, 1.165) is 23.0 Å². The molecule has 0 unspecified atom stereocenters. The van der Waals surface area contributed by atoms with Crippen molar-refractivity contribution in [2.24, 2.45) is 0 Å². The molecule has 3 heterocycles. The van der Waals surface area contributed by atoms with E-state index in [1.165, 1.54) is 30.6 Å². The van der Waals surface area contributed by atoms with Crippen LogP contribution in [0.5, 0.6) is 0 Å². The Morgan fingerprint density at radius 3 is 2.27 bits per heavy atom. The van der Waals surface area contributed by atoms with Crippen molar-refractivity contribution in [1.29, 1.82) is 0 Å². The second kappa shape index (κ2) is 9.30. The van der Waals surface area contributed by atoms with Crippen LogP contribution in [0.15, 0.2) is 47.9 Å². The minimum absolute atomic E-state index is 0.0689. The molecule has 2 aromatic heterocycles. The smallest absolute Gasteiger partial charge is 0.353 e. The van der Waals surface area contributed by atoms with Gasteiger partial charge in [0.15, 0.2) is 0 Å². The molecule has 0 bridgehead atoms. The van der Waals surface area contributed by atoms with E-state index in [0.29, 0.717) is 31.9 Å². The Labute approximate surface area is 192 Å². The Bertz CT molecular complexity index is 1130. The van der Waals surface area contributed by atoms with E-state index in [1.807, 2.05) is 24.5 Å². The number of alkyl halides is 3. The predicted octanol–water partition coefficient (Wildman–Crippen LogP) is 4.25. The highest BCUT2D eigenvalue weighted by molar-refractivity contribution is 8.00. The van der Waals surface area contributed by atoms with Crippen LogP contribution in [0.1, 0.15) is 11.4 Å². The number of amides is 2. The summed E-state index contributed by atoms with van der Waals surface area (Å²) in [6.07, 6.45) is 3.24. The number of urea groups is 1. The van der Waals surface area contributed by atoms with Gasteiger partial charge in [0.05, 0.1) is 5.69 Å². The van der Waals surface area contributed by atoms with Crippen molar-refractivity contribution in [1.82, 2.24) is 24.4 Å². The lowest BCUT2D eigenvalue weighted by molar-refractivity contribution is -0.0328. The van der Waals surface area contributed by atoms with E-state index in [4.69, 9.17) is 0 Å². The van der Waals surface area contributed by atoms with Crippen LogP contribution in [0.2, 0.25) is 0 Å². The number of nitrogens with zero attached hydrogens (tertiary/aromatic N) is 6. The van der Waals surface area contributed by atoms with Gasteiger partial charge in [-0.05, 0) is 49.9 Å². The van der Waals surface area contributed by atoms with Gasteiger partial charge in [0, 0.05) is 48.5 Å². The highest BCUT2D eigenvalue weighted by Gasteiger charge is 2.29. The summed E-state index contributed by atoms with van der Waals surface area (Å²) in [6.45, 7) is 6.06. The van der Waals surface area contributed by atoms with Crippen LogP contribution < -0.4 is 10.2 Å². The topological polar surface area (TPSA) is 79.2 Å². The lowest BCUT2D eigenvalue weighted by atomic mass is 10.3. The van der Waals surface area contributed by atoms with E-state index in [-0.39, 0.29) is 22.7 Å². The lowest BCUT2D eigenvalue weighted by Gasteiger charge is -2.35. The van der Waals surface area contributed by atoms with Gasteiger partial charge in [-0.25, -0.2) is 19.7 Å². The molecule has 1 aliphatic heterocycles. The van der Waals surface area contributed by atoms with Crippen molar-refractivity contribution in [3.05, 3.63) is 54.4 Å². The first-order valence-corrected chi connectivity index (χ1v) is 11.0. The maximum atomic E-state index is 12.6. The summed E-state index contributed by atoms with van der Waals surface area (Å²) < 4.78 is 39.2. The lowest BCUT2D eigenvalue weighted by Crippen LogP contribution is -2.50. The number of hydrogen-bond acceptors (Lipinski definition) is 6. The van der Waals surface area contributed by atoms with E-state index < -0.39 is 5.51 Å². The van der Waals surface area contributed by atoms with E-state index in [9.17, 15) is 18.0 Å². The SMILES string of the molecule is Cc1ncn(-c2cc(N3CCN(C(=O)Nc4ccc(SC(F)(F)F)cc4)CC3)ncn2)c1C. The summed E-state index contributed by atoms with van der Waals surface area (Å²) in [5, 5.41) is 2.74. The number of benzene rings is 1. The Morgan fingerprint density at radius 1 is 1.00 bits per heavy atom. The quantitative estimate of drug-likeness (QED) is 0.566. The first kappa shape index (κ1) is 22.9. The van der Waals surface area contributed by atoms with Crippen LogP contribution in [0, 0.1) is 13.8 Å². The molecule has 12 heteroatoms. The highest BCUT2D eigenvalue weighted by Crippen LogP contribution is 2.37. The highest BCUT2D eigenvalue weighted by atomic mass is 32.2. The zero-order valence-electron chi connectivity index (χ0n) is 18.0. The third-order valence-electron chi connectivity index (χ3n) is 5.37. The van der Waals surface area contributed by atoms with Crippen LogP contribution in [-0.4, -0.2) is 62.1 Å². The molecule has 8 nitrogen and oxygen atoms in total. The van der Waals surface area contributed by atoms with Crippen molar-refractivity contribution in [2.75, 3.05) is 36.4 Å². The molecule has 0 radical (unpaired) electrons. The normalized spacial score (nSPS) is 14.5. The summed E-state index contributed by atoms with van der Waals surface area (Å²) in [4.78, 5) is 29.4. The van der Waals surface area contributed by atoms with Crippen LogP contribution in [-0.2, 0) is 0 Å². The number of carbonyl (C=O) groups is 1. The molecule has 0 aliphatic carbocycles. The van der Waals surface area contributed by atoms with Gasteiger partial charge < -0.3 is 15.1 Å². The number of nitrogens with one attached hydrogen (secondary N) is 1. The summed E-state index contributed by atoms with van der Waals surface area (Å²) in [6, 6.07) is 7.20. The maximum Gasteiger partial charge on any atom is 0.446 e. The molecule has 174 valence electrons. The number of imidazole rings is 1. The van der Waals surface area contributed by atoms with Gasteiger partial charge in [-0.15, -0.1) is 0 Å². The summed E-state index contributed by atoms with van der Waals surface area (Å²) >= 11 is -0.188. The molecule has 2 amide bonds. The van der Waals surface area contributed by atoms with Crippen LogP contribution in [0.4, 0.5) is 29.5 Å². The van der Waals surface area contributed by atoms with Gasteiger partial charge >= 0.3 is 11.5 Å². The number of hydrogen-bond donors (Lipinski definition) is 1. The summed E-state index contributed by atoms with van der Waals surface area (Å²) in [5.74, 6) is 1.49. The second-order valence-corrected chi connectivity index (χ2v) is 8.63. The standard InChI is InChI=1S/C21H22F3N7OS/c1-14-15(2)31(13-27-14)19-11-18(25-12-26-19)29-7-9-30(10-8-29)20(32)28-16-3-5-17(6-4-16)33-21(22,23)24/h3-6,11-13H,7-10H2,1-2H3,(H,28,32). The summed E-state index contributed by atoms with van der Waals surface area (Å²) in [5.41, 5.74) is -1.96. The molecular formula is C21H22F3N7OS. The minimum Gasteiger partial charge on any atom is -0.353 e. The molecule has 4 rings (SSSR count). The Morgan fingerprint density at radius 2 is 1.67 bits per heavy atom. The second-order valence-electron chi connectivity index (χ2n) is 7.50. The molecule has 1 aromatic carbocycles. The molecule has 3 aromatic rings. The van der Waals surface area contributed by atoms with E-state index >= 15 is 0 Å². The van der Waals surface area contributed by atoms with Crippen molar-refractivity contribution in [2.45, 2.75) is 24.3 Å². The minimum atomic E-state index is -4.34. The van der Waals surface area contributed by atoms with E-state index in [1.54, 1.807) is 11.2 Å². The fourth-order valence-corrected chi connectivity index (χ4v) is 3.99. The van der Waals surface area contributed by atoms with Gasteiger partial charge in [0.2, 0.25) is 0 Å². The fraction of sp³-hybridized carbons (Fsp3) is 0.333. The van der Waals surface area contributed by atoms with Crippen molar-refractivity contribution < 1.29 is 18.0 Å². The number of anilines is 2. The molecule has 1 aliphatic rings. The Balaban J connectivity index is 1.34. The third kappa shape index (κ3) is 5.56. The molecule has 0 atom stereocenters. The first-order valence-electron chi connectivity index (χ1n) is 10.2. The zero-order chi connectivity index (χ0) is 23.6. The average molecular weight is 478 g/mol. The van der Waals surface area contributed by atoms with Crippen molar-refractivity contribution in [3.63, 3.8) is 0 Å². The largest absolute Gasteiger partial charge is 0.446 e. The Kier molecular flexibility index (Phi) is 6.45. The van der Waals surface area contributed by atoms with Gasteiger partial charge in [-0.3, -0.25) is 4.57 Å². The van der Waals surface area contributed by atoms with Gasteiger partial charge in [-0.2, -0.15) is 13.2 Å². The molecule has 0 spiro atoms. The van der Waals surface area contributed by atoms with Crippen molar-refractivity contribution in [3.8, 4) is 5.82 Å². The number of carbonyl (C=O) groups excluding carboxylic acids is 1. The third-order valence-corrected chi connectivity index (χ3v) is 6.11. The molecule has 33 heavy (non-hydrogen) atoms. The Hall–Kier alpha value is -3.28. The summed E-state index contributed by atoms with van der Waals surface area (Å²) in [7, 11) is 0. The van der Waals surface area contributed by atoms with Gasteiger partial charge in [0.1, 0.15) is 24.3 Å². The average Bonchev–Trinajstić information content (AvgIpc) is 3.12. The monoisotopic (exact) mass is 477 g/mol. The van der Waals surface area contributed by atoms with Crippen LogP contribution >= 0.6 is 11.8 Å². The zero-order valence-corrected chi connectivity index (χ0v) is 18.8. The van der Waals surface area contributed by atoms with Gasteiger partial charge in [0.25, 0.3) is 0 Å². The van der Waals surface area contributed by atoms with Crippen molar-refractivity contribution >= 4 is 29.3 Å². The number of halogens is 3. The van der Waals surface area contributed by atoms with E-state index in [2.05, 4.69) is 25.2 Å². The number of thioether (sulfide) groups is 1. The van der Waals surface area contributed by atoms with Gasteiger partial charge in [-0.1, -0.05) is 0 Å². The molecular weight excluding hydrogens is 455 g/mol. The number of aromatic nitrogens is 4. The fourth-order valence-electron chi connectivity index (χ4n) is 3.45. The molecule has 1 N–H and O–H groups in total.